The number of nitrogens with one attached hydrogen (secondary N) is 1. The normalized spacial score (nSPS) is 15.5. The number of nitrogens with zero attached hydrogens (tertiary/aromatic N) is 3. The summed E-state index contributed by atoms with van der Waals surface area (Å²) in [4.78, 5) is 29.5. The molecule has 3 rings (SSSR count). The summed E-state index contributed by atoms with van der Waals surface area (Å²) in [7, 11) is 0. The maximum absolute atomic E-state index is 12.2. The smallest absolute Gasteiger partial charge is 0.317 e. The van der Waals surface area contributed by atoms with Crippen LogP contribution in [-0.4, -0.2) is 51.2 Å². The fraction of sp³-hybridized carbons (Fsp3) is 0.500. The second-order valence-electron chi connectivity index (χ2n) is 6.34. The third-order valence-electron chi connectivity index (χ3n) is 4.81. The zero-order valence-corrected chi connectivity index (χ0v) is 14.4. The number of likely N-dealkylation sites (tertiary alicyclic amines) is 1. The highest BCUT2D eigenvalue weighted by atomic mass is 16.4. The van der Waals surface area contributed by atoms with Crippen LogP contribution in [0.2, 0.25) is 0 Å². The number of fused-ring (bicyclic) bond motifs is 1. The van der Waals surface area contributed by atoms with E-state index in [1.165, 1.54) is 0 Å². The number of carboxylic acids is 1. The molecular formula is C18H24N4O3. The average molecular weight is 344 g/mol. The molecule has 2 N–H and O–H groups in total. The van der Waals surface area contributed by atoms with Crippen LogP contribution in [0.25, 0.3) is 11.0 Å². The molecule has 2 heterocycles. The monoisotopic (exact) mass is 344 g/mol. The van der Waals surface area contributed by atoms with Crippen molar-refractivity contribution in [2.75, 3.05) is 19.6 Å². The van der Waals surface area contributed by atoms with Crippen LogP contribution < -0.4 is 5.32 Å². The number of amides is 2. The van der Waals surface area contributed by atoms with E-state index in [0.29, 0.717) is 38.9 Å². The molecule has 1 aliphatic rings. The molecule has 7 nitrogen and oxygen atoms in total. The first-order valence-electron chi connectivity index (χ1n) is 8.80. The fourth-order valence-electron chi connectivity index (χ4n) is 3.39. The summed E-state index contributed by atoms with van der Waals surface area (Å²) in [6.07, 6.45) is 1.71. The molecule has 25 heavy (non-hydrogen) atoms. The number of piperidine rings is 1. The van der Waals surface area contributed by atoms with Crippen LogP contribution in [0.5, 0.6) is 0 Å². The van der Waals surface area contributed by atoms with E-state index >= 15 is 0 Å². The Bertz CT molecular complexity index is 763. The lowest BCUT2D eigenvalue weighted by Gasteiger charge is -2.30. The summed E-state index contributed by atoms with van der Waals surface area (Å²) in [5, 5.41) is 11.9. The molecule has 1 saturated heterocycles. The predicted molar refractivity (Wildman–Crippen MR) is 94.4 cm³/mol. The van der Waals surface area contributed by atoms with E-state index in [9.17, 15) is 9.59 Å². The number of hydrogen-bond donors (Lipinski definition) is 2. The summed E-state index contributed by atoms with van der Waals surface area (Å²) >= 11 is 0. The Labute approximate surface area is 146 Å². The number of aliphatic carboxylic acids is 1. The number of carboxylic acid groups (broad SMARTS) is 1. The summed E-state index contributed by atoms with van der Waals surface area (Å²) in [6.45, 7) is 4.43. The molecule has 1 fully saturated rings. The maximum Gasteiger partial charge on any atom is 0.317 e. The summed E-state index contributed by atoms with van der Waals surface area (Å²) < 4.78 is 2.17. The van der Waals surface area contributed by atoms with Crippen molar-refractivity contribution in [3.63, 3.8) is 0 Å². The first-order valence-corrected chi connectivity index (χ1v) is 8.80. The van der Waals surface area contributed by atoms with Gasteiger partial charge in [-0.05, 0) is 31.9 Å². The Morgan fingerprint density at radius 1 is 1.28 bits per heavy atom. The molecule has 0 unspecified atom stereocenters. The van der Waals surface area contributed by atoms with Gasteiger partial charge in [0, 0.05) is 32.6 Å². The van der Waals surface area contributed by atoms with Crippen molar-refractivity contribution in [3.05, 3.63) is 30.1 Å². The van der Waals surface area contributed by atoms with Crippen LogP contribution >= 0.6 is 0 Å². The molecule has 0 saturated carbocycles. The highest BCUT2D eigenvalue weighted by Gasteiger charge is 2.26. The standard InChI is InChI=1S/C18H24N4O3/c1-2-22-15-6-4-3-5-14(15)20-16(22)7-10-19-18(25)21-11-8-13(9-12-21)17(23)24/h3-6,13H,2,7-12H2,1H3,(H,19,25)(H,23,24). The SMILES string of the molecule is CCn1c(CCNC(=O)N2CCC(C(=O)O)CC2)nc2ccccc21. The molecular weight excluding hydrogens is 320 g/mol. The van der Waals surface area contributed by atoms with Gasteiger partial charge < -0.3 is 19.9 Å². The average Bonchev–Trinajstić information content (AvgIpc) is 2.99. The van der Waals surface area contributed by atoms with Crippen LogP contribution in [0, 0.1) is 5.92 Å². The molecule has 0 atom stereocenters. The number of para-hydroxylation sites is 2. The Kier molecular flexibility index (Phi) is 5.21. The summed E-state index contributed by atoms with van der Waals surface area (Å²) in [6, 6.07) is 7.91. The number of imidazole rings is 1. The van der Waals surface area contributed by atoms with Crippen molar-refractivity contribution in [2.24, 2.45) is 5.92 Å². The lowest BCUT2D eigenvalue weighted by atomic mass is 9.97. The highest BCUT2D eigenvalue weighted by Crippen LogP contribution is 2.18. The molecule has 134 valence electrons. The molecule has 2 amide bonds. The van der Waals surface area contributed by atoms with Crippen LogP contribution in [0.1, 0.15) is 25.6 Å². The predicted octanol–water partition coefficient (Wildman–Crippen LogP) is 2.10. The van der Waals surface area contributed by atoms with Gasteiger partial charge in [0.1, 0.15) is 5.82 Å². The molecule has 1 aliphatic heterocycles. The Morgan fingerprint density at radius 3 is 2.68 bits per heavy atom. The fourth-order valence-corrected chi connectivity index (χ4v) is 3.39. The van der Waals surface area contributed by atoms with Crippen molar-refractivity contribution in [1.82, 2.24) is 19.8 Å². The lowest BCUT2D eigenvalue weighted by molar-refractivity contribution is -0.143. The van der Waals surface area contributed by atoms with Crippen LogP contribution in [0.15, 0.2) is 24.3 Å². The molecule has 1 aromatic heterocycles. The Morgan fingerprint density at radius 2 is 2.00 bits per heavy atom. The third kappa shape index (κ3) is 3.75. The van der Waals surface area contributed by atoms with Crippen molar-refractivity contribution in [2.45, 2.75) is 32.7 Å². The van der Waals surface area contributed by atoms with E-state index in [1.54, 1.807) is 4.90 Å². The van der Waals surface area contributed by atoms with Gasteiger partial charge >= 0.3 is 12.0 Å². The quantitative estimate of drug-likeness (QED) is 0.869. The van der Waals surface area contributed by atoms with Crippen LogP contribution in [-0.2, 0) is 17.8 Å². The molecule has 1 aromatic carbocycles. The Balaban J connectivity index is 1.53. The van der Waals surface area contributed by atoms with E-state index in [1.807, 2.05) is 18.2 Å². The molecule has 0 radical (unpaired) electrons. The minimum Gasteiger partial charge on any atom is -0.481 e. The molecule has 0 spiro atoms. The van der Waals surface area contributed by atoms with Gasteiger partial charge in [0.2, 0.25) is 0 Å². The van der Waals surface area contributed by atoms with Gasteiger partial charge in [0.05, 0.1) is 17.0 Å². The zero-order chi connectivity index (χ0) is 17.8. The van der Waals surface area contributed by atoms with E-state index in [2.05, 4.69) is 27.9 Å². The topological polar surface area (TPSA) is 87.5 Å². The second kappa shape index (κ2) is 7.55. The van der Waals surface area contributed by atoms with E-state index < -0.39 is 5.97 Å². The molecule has 2 aromatic rings. The van der Waals surface area contributed by atoms with Gasteiger partial charge in [-0.1, -0.05) is 12.1 Å². The van der Waals surface area contributed by atoms with E-state index in [-0.39, 0.29) is 11.9 Å². The number of carbonyl (C=O) groups is 2. The molecule has 0 bridgehead atoms. The van der Waals surface area contributed by atoms with Crippen molar-refractivity contribution in [3.8, 4) is 0 Å². The second-order valence-corrected chi connectivity index (χ2v) is 6.34. The van der Waals surface area contributed by atoms with Crippen molar-refractivity contribution in [1.29, 1.82) is 0 Å². The van der Waals surface area contributed by atoms with Gasteiger partial charge in [-0.25, -0.2) is 9.78 Å². The van der Waals surface area contributed by atoms with Crippen LogP contribution in [0.4, 0.5) is 4.79 Å². The van der Waals surface area contributed by atoms with E-state index in [0.717, 1.165) is 23.4 Å². The highest BCUT2D eigenvalue weighted by molar-refractivity contribution is 5.76. The minimum atomic E-state index is -0.765. The first-order chi connectivity index (χ1) is 12.1. The maximum atomic E-state index is 12.2. The van der Waals surface area contributed by atoms with Crippen molar-refractivity contribution < 1.29 is 14.7 Å². The largest absolute Gasteiger partial charge is 0.481 e. The van der Waals surface area contributed by atoms with Gasteiger partial charge in [-0.15, -0.1) is 0 Å². The van der Waals surface area contributed by atoms with E-state index in [4.69, 9.17) is 5.11 Å². The number of carbonyl (C=O) groups excluding carboxylic acids is 1. The number of hydrogen-bond acceptors (Lipinski definition) is 3. The molecule has 0 aliphatic carbocycles. The van der Waals surface area contributed by atoms with Gasteiger partial charge in [0.15, 0.2) is 0 Å². The zero-order valence-electron chi connectivity index (χ0n) is 14.4. The third-order valence-corrected chi connectivity index (χ3v) is 4.81. The van der Waals surface area contributed by atoms with Gasteiger partial charge in [-0.3, -0.25) is 4.79 Å². The number of rotatable bonds is 5. The number of urea groups is 1. The minimum absolute atomic E-state index is 0.122. The van der Waals surface area contributed by atoms with Gasteiger partial charge in [-0.2, -0.15) is 0 Å². The summed E-state index contributed by atoms with van der Waals surface area (Å²) in [5.74, 6) is -0.124. The number of aryl methyl sites for hydroxylation is 1. The number of aromatic nitrogens is 2. The van der Waals surface area contributed by atoms with Crippen molar-refractivity contribution >= 4 is 23.0 Å². The Hall–Kier alpha value is -2.57. The lowest BCUT2D eigenvalue weighted by Crippen LogP contribution is -2.46. The molecule has 7 heteroatoms. The van der Waals surface area contributed by atoms with Crippen LogP contribution in [0.3, 0.4) is 0 Å². The first kappa shape index (κ1) is 17.3. The summed E-state index contributed by atoms with van der Waals surface area (Å²) in [5.41, 5.74) is 2.09. The number of benzene rings is 1. The van der Waals surface area contributed by atoms with Gasteiger partial charge in [0.25, 0.3) is 0 Å².